The number of ketones is 1. The van der Waals surface area contributed by atoms with Gasteiger partial charge >= 0.3 is 0 Å². The lowest BCUT2D eigenvalue weighted by molar-refractivity contribution is 0.103. The standard InChI is InChI=1S/C16H14Br2O3/c1-9-4-5-10(17)6-11(9)16(19)12-7-15(21-3)13(18)8-14(12)20-2/h4-8H,1-3H3. The summed E-state index contributed by atoms with van der Waals surface area (Å²) < 4.78 is 12.2. The highest BCUT2D eigenvalue weighted by Crippen LogP contribution is 2.34. The fraction of sp³-hybridized carbons (Fsp3) is 0.188. The average molecular weight is 414 g/mol. The summed E-state index contributed by atoms with van der Waals surface area (Å²) in [6.07, 6.45) is 0. The molecule has 0 fully saturated rings. The van der Waals surface area contributed by atoms with Gasteiger partial charge in [0.25, 0.3) is 0 Å². The molecule has 0 unspecified atom stereocenters. The molecule has 0 radical (unpaired) electrons. The van der Waals surface area contributed by atoms with E-state index in [-0.39, 0.29) is 5.78 Å². The van der Waals surface area contributed by atoms with Crippen molar-refractivity contribution in [3.63, 3.8) is 0 Å². The zero-order chi connectivity index (χ0) is 15.6. The van der Waals surface area contributed by atoms with Crippen molar-refractivity contribution >= 4 is 37.6 Å². The van der Waals surface area contributed by atoms with Gasteiger partial charge in [-0.2, -0.15) is 0 Å². The number of carbonyl (C=O) groups is 1. The number of rotatable bonds is 4. The summed E-state index contributed by atoms with van der Waals surface area (Å²) in [5, 5.41) is 0. The third-order valence-corrected chi connectivity index (χ3v) is 4.28. The maximum Gasteiger partial charge on any atom is 0.197 e. The molecular weight excluding hydrogens is 400 g/mol. The Morgan fingerprint density at radius 2 is 1.62 bits per heavy atom. The molecular formula is C16H14Br2O3. The molecule has 2 aromatic carbocycles. The Hall–Kier alpha value is -1.33. The van der Waals surface area contributed by atoms with Crippen molar-refractivity contribution in [2.24, 2.45) is 0 Å². The molecule has 5 heteroatoms. The minimum atomic E-state index is -0.101. The number of halogens is 2. The van der Waals surface area contributed by atoms with Crippen LogP contribution in [-0.4, -0.2) is 20.0 Å². The quantitative estimate of drug-likeness (QED) is 0.677. The number of methoxy groups -OCH3 is 2. The van der Waals surface area contributed by atoms with Crippen molar-refractivity contribution < 1.29 is 14.3 Å². The zero-order valence-corrected chi connectivity index (χ0v) is 15.0. The van der Waals surface area contributed by atoms with E-state index in [2.05, 4.69) is 31.9 Å². The number of carbonyl (C=O) groups excluding carboxylic acids is 1. The van der Waals surface area contributed by atoms with E-state index in [0.29, 0.717) is 22.6 Å². The van der Waals surface area contributed by atoms with E-state index in [1.165, 1.54) is 0 Å². The van der Waals surface area contributed by atoms with Crippen molar-refractivity contribution in [2.75, 3.05) is 14.2 Å². The van der Waals surface area contributed by atoms with E-state index >= 15 is 0 Å². The van der Waals surface area contributed by atoms with Crippen molar-refractivity contribution in [3.05, 3.63) is 56.0 Å². The van der Waals surface area contributed by atoms with Crippen LogP contribution >= 0.6 is 31.9 Å². The highest BCUT2D eigenvalue weighted by Gasteiger charge is 2.19. The summed E-state index contributed by atoms with van der Waals surface area (Å²) in [7, 11) is 3.10. The minimum Gasteiger partial charge on any atom is -0.496 e. The van der Waals surface area contributed by atoms with Gasteiger partial charge < -0.3 is 9.47 Å². The molecule has 0 N–H and O–H groups in total. The molecule has 0 saturated heterocycles. The summed E-state index contributed by atoms with van der Waals surface area (Å²) in [6, 6.07) is 9.04. The Bertz CT molecular complexity index is 696. The van der Waals surface area contributed by atoms with Crippen LogP contribution in [0.15, 0.2) is 39.3 Å². The highest BCUT2D eigenvalue weighted by molar-refractivity contribution is 9.10. The topological polar surface area (TPSA) is 35.5 Å². The summed E-state index contributed by atoms with van der Waals surface area (Å²) in [6.45, 7) is 1.90. The lowest BCUT2D eigenvalue weighted by Gasteiger charge is -2.13. The first-order valence-corrected chi connectivity index (χ1v) is 7.79. The molecule has 0 saturated carbocycles. The van der Waals surface area contributed by atoms with E-state index < -0.39 is 0 Å². The first-order chi connectivity index (χ1) is 9.97. The predicted octanol–water partition coefficient (Wildman–Crippen LogP) is 4.77. The molecule has 2 aromatic rings. The second kappa shape index (κ2) is 6.62. The van der Waals surface area contributed by atoms with Crippen LogP contribution < -0.4 is 9.47 Å². The van der Waals surface area contributed by atoms with Crippen LogP contribution in [0.5, 0.6) is 11.5 Å². The number of aryl methyl sites for hydroxylation is 1. The van der Waals surface area contributed by atoms with Gasteiger partial charge in [0.2, 0.25) is 0 Å². The summed E-state index contributed by atoms with van der Waals surface area (Å²) >= 11 is 6.79. The van der Waals surface area contributed by atoms with Gasteiger partial charge in [0, 0.05) is 10.0 Å². The van der Waals surface area contributed by atoms with Gasteiger partial charge in [0.15, 0.2) is 5.78 Å². The molecule has 0 bridgehead atoms. The van der Waals surface area contributed by atoms with E-state index in [9.17, 15) is 4.79 Å². The molecule has 0 aliphatic carbocycles. The molecule has 0 aliphatic heterocycles. The molecule has 3 nitrogen and oxygen atoms in total. The Kier molecular flexibility index (Phi) is 5.06. The van der Waals surface area contributed by atoms with Crippen molar-refractivity contribution in [1.82, 2.24) is 0 Å². The number of ether oxygens (including phenoxy) is 2. The van der Waals surface area contributed by atoms with Gasteiger partial charge in [0.05, 0.1) is 24.3 Å². The van der Waals surface area contributed by atoms with E-state index in [1.54, 1.807) is 26.4 Å². The van der Waals surface area contributed by atoms with Crippen LogP contribution in [0, 0.1) is 6.92 Å². The molecule has 0 aromatic heterocycles. The molecule has 2 rings (SSSR count). The summed E-state index contributed by atoms with van der Waals surface area (Å²) in [5.74, 6) is 0.996. The van der Waals surface area contributed by atoms with Gasteiger partial charge in [-0.05, 0) is 52.7 Å². The number of hydrogen-bond acceptors (Lipinski definition) is 3. The van der Waals surface area contributed by atoms with Gasteiger partial charge in [-0.25, -0.2) is 0 Å². The Labute approximate surface area is 140 Å². The highest BCUT2D eigenvalue weighted by atomic mass is 79.9. The largest absolute Gasteiger partial charge is 0.496 e. The molecule has 0 atom stereocenters. The van der Waals surface area contributed by atoms with Crippen molar-refractivity contribution in [3.8, 4) is 11.5 Å². The van der Waals surface area contributed by atoms with Crippen LogP contribution in [0.25, 0.3) is 0 Å². The molecule has 0 heterocycles. The normalized spacial score (nSPS) is 10.3. The zero-order valence-electron chi connectivity index (χ0n) is 11.9. The van der Waals surface area contributed by atoms with Gasteiger partial charge in [-0.1, -0.05) is 22.0 Å². The average Bonchev–Trinajstić information content (AvgIpc) is 2.48. The maximum atomic E-state index is 12.8. The fourth-order valence-electron chi connectivity index (χ4n) is 2.02. The second-order valence-corrected chi connectivity index (χ2v) is 6.25. The third kappa shape index (κ3) is 3.30. The Balaban J connectivity index is 2.59. The lowest BCUT2D eigenvalue weighted by atomic mass is 9.98. The van der Waals surface area contributed by atoms with Crippen molar-refractivity contribution in [2.45, 2.75) is 6.92 Å². The van der Waals surface area contributed by atoms with Crippen LogP contribution in [-0.2, 0) is 0 Å². The molecule has 110 valence electrons. The Morgan fingerprint density at radius 3 is 2.24 bits per heavy atom. The van der Waals surface area contributed by atoms with E-state index in [4.69, 9.17) is 9.47 Å². The third-order valence-electron chi connectivity index (χ3n) is 3.16. The van der Waals surface area contributed by atoms with E-state index in [0.717, 1.165) is 14.5 Å². The second-order valence-electron chi connectivity index (χ2n) is 4.48. The first kappa shape index (κ1) is 16.0. The van der Waals surface area contributed by atoms with Gasteiger partial charge in [0.1, 0.15) is 11.5 Å². The monoisotopic (exact) mass is 412 g/mol. The number of hydrogen-bond donors (Lipinski definition) is 0. The number of benzene rings is 2. The van der Waals surface area contributed by atoms with Gasteiger partial charge in [-0.15, -0.1) is 0 Å². The maximum absolute atomic E-state index is 12.8. The summed E-state index contributed by atoms with van der Waals surface area (Å²) in [5.41, 5.74) is 2.01. The van der Waals surface area contributed by atoms with Crippen LogP contribution in [0.1, 0.15) is 21.5 Å². The Morgan fingerprint density at radius 1 is 0.952 bits per heavy atom. The van der Waals surface area contributed by atoms with Crippen molar-refractivity contribution in [1.29, 1.82) is 0 Å². The fourth-order valence-corrected chi connectivity index (χ4v) is 2.87. The van der Waals surface area contributed by atoms with Gasteiger partial charge in [-0.3, -0.25) is 4.79 Å². The molecule has 21 heavy (non-hydrogen) atoms. The molecule has 0 amide bonds. The van der Waals surface area contributed by atoms with Crippen LogP contribution in [0.2, 0.25) is 0 Å². The first-order valence-electron chi connectivity index (χ1n) is 6.20. The van der Waals surface area contributed by atoms with Crippen LogP contribution in [0.4, 0.5) is 0 Å². The van der Waals surface area contributed by atoms with E-state index in [1.807, 2.05) is 25.1 Å². The smallest absolute Gasteiger partial charge is 0.197 e. The summed E-state index contributed by atoms with van der Waals surface area (Å²) in [4.78, 5) is 12.8. The predicted molar refractivity (Wildman–Crippen MR) is 89.6 cm³/mol. The molecule has 0 aliphatic rings. The SMILES string of the molecule is COc1cc(C(=O)c2cc(Br)ccc2C)c(OC)cc1Br. The van der Waals surface area contributed by atoms with Crippen LogP contribution in [0.3, 0.4) is 0 Å². The molecule has 0 spiro atoms. The minimum absolute atomic E-state index is 0.101. The lowest BCUT2D eigenvalue weighted by Crippen LogP contribution is -2.07.